The number of amides is 5. The number of halogens is 1. The van der Waals surface area contributed by atoms with Crippen LogP contribution >= 0.6 is 11.6 Å². The lowest BCUT2D eigenvalue weighted by Crippen LogP contribution is -2.59. The molecule has 17 nitrogen and oxygen atoms in total. The molecule has 0 saturated heterocycles. The number of carbonyl (C=O) groups excluding carboxylic acids is 7. The van der Waals surface area contributed by atoms with Gasteiger partial charge in [0.25, 0.3) is 5.91 Å². The van der Waals surface area contributed by atoms with Crippen molar-refractivity contribution in [1.82, 2.24) is 26.3 Å². The zero-order chi connectivity index (χ0) is 44.4. The van der Waals surface area contributed by atoms with Crippen LogP contribution in [0.1, 0.15) is 97.1 Å². The number of Topliss-reactive ketones (excluding diaryl/α,β-unsaturated/α-hetero) is 1. The first-order chi connectivity index (χ1) is 28.4. The van der Waals surface area contributed by atoms with Crippen LogP contribution in [0.5, 0.6) is 0 Å². The average Bonchev–Trinajstić information content (AvgIpc) is 3.60. The van der Waals surface area contributed by atoms with Crippen LogP contribution in [-0.4, -0.2) is 99.7 Å². The van der Waals surface area contributed by atoms with E-state index in [4.69, 9.17) is 21.1 Å². The largest absolute Gasteiger partial charge is 0.481 e. The number of nitrogens with one attached hydrogen (secondary N) is 4. The quantitative estimate of drug-likeness (QED) is 0.0611. The number of hydrogen-bond acceptors (Lipinski definition) is 11. The number of anilines is 1. The molecule has 1 aliphatic rings. The van der Waals surface area contributed by atoms with Crippen molar-refractivity contribution in [2.45, 2.75) is 129 Å². The molecule has 1 aromatic heterocycles. The van der Waals surface area contributed by atoms with Gasteiger partial charge >= 0.3 is 18.0 Å². The fourth-order valence-electron chi connectivity index (χ4n) is 6.29. The molecule has 1 aromatic carbocycles. The smallest absolute Gasteiger partial charge is 0.407 e. The molecule has 328 valence electrons. The molecule has 1 aliphatic heterocycles. The van der Waals surface area contributed by atoms with Gasteiger partial charge in [0.15, 0.2) is 5.78 Å². The SMILES string of the molecule is CC[C@H](C)C(NC(=O)CCCCCNC(=O)OC(C)(C)C)C(=O)NC(CCC(=O)O)C(=O)N1c2ncccc2C[C@H]1C(=O)N[C@H](CC(=O)OCc1ccccc1)C(=O)CCl. The minimum atomic E-state index is -1.48. The summed E-state index contributed by atoms with van der Waals surface area (Å²) in [6.45, 7) is 9.14. The van der Waals surface area contributed by atoms with E-state index in [-0.39, 0.29) is 31.7 Å². The number of alkyl carbamates (subject to hydrolysis) is 1. The second-order valence-electron chi connectivity index (χ2n) is 15.6. The number of hydrogen-bond donors (Lipinski definition) is 5. The van der Waals surface area contributed by atoms with Crippen molar-refractivity contribution in [1.29, 1.82) is 0 Å². The summed E-state index contributed by atoms with van der Waals surface area (Å²) < 4.78 is 10.5. The summed E-state index contributed by atoms with van der Waals surface area (Å²) in [6.07, 6.45) is 1.59. The minimum Gasteiger partial charge on any atom is -0.481 e. The van der Waals surface area contributed by atoms with Crippen LogP contribution in [0.3, 0.4) is 0 Å². The van der Waals surface area contributed by atoms with Crippen molar-refractivity contribution in [2.75, 3.05) is 17.3 Å². The third-order valence-electron chi connectivity index (χ3n) is 9.63. The van der Waals surface area contributed by atoms with Crippen molar-refractivity contribution < 1.29 is 52.9 Å². The summed E-state index contributed by atoms with van der Waals surface area (Å²) in [7, 11) is 0. The lowest BCUT2D eigenvalue weighted by atomic mass is 9.97. The molecule has 5 atom stereocenters. The van der Waals surface area contributed by atoms with Crippen LogP contribution in [0, 0.1) is 5.92 Å². The molecule has 2 heterocycles. The fourth-order valence-corrected chi connectivity index (χ4v) is 6.47. The van der Waals surface area contributed by atoms with Gasteiger partial charge in [-0.05, 0) is 63.1 Å². The first kappa shape index (κ1) is 48.8. The first-order valence-electron chi connectivity index (χ1n) is 20.1. The van der Waals surface area contributed by atoms with Crippen LogP contribution in [0.15, 0.2) is 48.7 Å². The Hall–Kier alpha value is -5.58. The highest BCUT2D eigenvalue weighted by Gasteiger charge is 2.44. The molecule has 0 aliphatic carbocycles. The number of benzene rings is 1. The molecule has 0 saturated carbocycles. The van der Waals surface area contributed by atoms with Gasteiger partial charge < -0.3 is 35.8 Å². The molecule has 2 unspecified atom stereocenters. The molecule has 18 heteroatoms. The predicted octanol–water partition coefficient (Wildman–Crippen LogP) is 3.73. The van der Waals surface area contributed by atoms with Crippen LogP contribution in [0.25, 0.3) is 0 Å². The van der Waals surface area contributed by atoms with Crippen molar-refractivity contribution in [3.05, 3.63) is 59.8 Å². The number of ether oxygens (including phenoxy) is 2. The highest BCUT2D eigenvalue weighted by Crippen LogP contribution is 2.31. The minimum absolute atomic E-state index is 0.0524. The zero-order valence-corrected chi connectivity index (χ0v) is 35.5. The molecular weight excluding hydrogens is 800 g/mol. The number of rotatable bonds is 23. The second-order valence-corrected chi connectivity index (χ2v) is 15.9. The van der Waals surface area contributed by atoms with Gasteiger partial charge in [-0.15, -0.1) is 11.6 Å². The van der Waals surface area contributed by atoms with Crippen LogP contribution in [0.2, 0.25) is 0 Å². The van der Waals surface area contributed by atoms with Crippen LogP contribution in [0.4, 0.5) is 10.6 Å². The number of carboxylic acid groups (broad SMARTS) is 1. The Bertz CT molecular complexity index is 1820. The number of nitrogens with zero attached hydrogens (tertiary/aromatic N) is 2. The Balaban J connectivity index is 1.75. The number of ketones is 1. The predicted molar refractivity (Wildman–Crippen MR) is 221 cm³/mol. The number of fused-ring (bicyclic) bond motifs is 1. The van der Waals surface area contributed by atoms with Crippen LogP contribution in [-0.2, 0) is 56.1 Å². The topological polar surface area (TPSA) is 239 Å². The van der Waals surface area contributed by atoms with E-state index >= 15 is 0 Å². The van der Waals surface area contributed by atoms with Gasteiger partial charge in [0.05, 0.1) is 18.3 Å². The lowest BCUT2D eigenvalue weighted by Gasteiger charge is -2.31. The molecule has 0 spiro atoms. The number of pyridine rings is 1. The van der Waals surface area contributed by atoms with Gasteiger partial charge in [-0.1, -0.05) is 63.1 Å². The maximum Gasteiger partial charge on any atom is 0.407 e. The molecule has 0 fully saturated rings. The van der Waals surface area contributed by atoms with E-state index in [0.29, 0.717) is 43.4 Å². The van der Waals surface area contributed by atoms with Crippen molar-refractivity contribution >= 4 is 64.9 Å². The van der Waals surface area contributed by atoms with E-state index in [0.717, 1.165) is 4.90 Å². The van der Waals surface area contributed by atoms with E-state index in [1.165, 1.54) is 6.20 Å². The Morgan fingerprint density at radius 3 is 2.30 bits per heavy atom. The van der Waals surface area contributed by atoms with Crippen molar-refractivity contribution in [3.63, 3.8) is 0 Å². The normalized spacial score (nSPS) is 15.3. The summed E-state index contributed by atoms with van der Waals surface area (Å²) in [5.41, 5.74) is 0.572. The van der Waals surface area contributed by atoms with E-state index in [9.17, 15) is 43.5 Å². The van der Waals surface area contributed by atoms with Gasteiger partial charge in [0.2, 0.25) is 17.7 Å². The Kier molecular flexibility index (Phi) is 19.4. The van der Waals surface area contributed by atoms with E-state index in [1.54, 1.807) is 70.2 Å². The number of esters is 1. The van der Waals surface area contributed by atoms with Gasteiger partial charge in [0.1, 0.15) is 36.2 Å². The van der Waals surface area contributed by atoms with Gasteiger partial charge in [-0.2, -0.15) is 0 Å². The van der Waals surface area contributed by atoms with Gasteiger partial charge in [-0.3, -0.25) is 38.5 Å². The fraction of sp³-hybridized carbons (Fsp3) is 0.548. The molecule has 0 bridgehead atoms. The standard InChI is InChI=1S/C42H57ClN6O11/c1-6-26(2)36(48-33(51)17-11-8-12-20-45-41(58)60-42(3,4)5)39(56)46-29(18-19-34(52)53)40(57)49-31(22-28-16-13-21-44-37(28)49)38(55)47-30(32(50)24-43)23-35(54)59-25-27-14-9-7-10-15-27/h7,9-10,13-16,21,26,29-31,36H,6,8,11-12,17-20,22-25H2,1-5H3,(H,45,58)(H,46,56)(H,47,55)(H,48,51)(H,52,53)/t26-,29?,30+,31-,36?/m0/s1. The van der Waals surface area contributed by atoms with E-state index in [1.807, 2.05) is 6.92 Å². The second kappa shape index (κ2) is 23.9. The molecule has 2 aromatic rings. The Morgan fingerprint density at radius 1 is 0.933 bits per heavy atom. The maximum absolute atomic E-state index is 14.5. The summed E-state index contributed by atoms with van der Waals surface area (Å²) >= 11 is 5.85. The van der Waals surface area contributed by atoms with Crippen molar-refractivity contribution in [2.24, 2.45) is 5.92 Å². The summed E-state index contributed by atoms with van der Waals surface area (Å²) in [5, 5.41) is 20.2. The average molecular weight is 857 g/mol. The summed E-state index contributed by atoms with van der Waals surface area (Å²) in [5.74, 6) is -6.35. The Labute approximate surface area is 355 Å². The third-order valence-corrected chi connectivity index (χ3v) is 9.90. The highest BCUT2D eigenvalue weighted by molar-refractivity contribution is 6.28. The number of carboxylic acids is 1. The number of aromatic nitrogens is 1. The number of carbonyl (C=O) groups is 8. The van der Waals surface area contributed by atoms with Gasteiger partial charge in [-0.25, -0.2) is 9.78 Å². The zero-order valence-electron chi connectivity index (χ0n) is 34.8. The van der Waals surface area contributed by atoms with Gasteiger partial charge in [0, 0.05) is 32.0 Å². The number of alkyl halides is 1. The first-order valence-corrected chi connectivity index (χ1v) is 20.6. The van der Waals surface area contributed by atoms with Crippen molar-refractivity contribution in [3.8, 4) is 0 Å². The van der Waals surface area contributed by atoms with E-state index in [2.05, 4.69) is 26.3 Å². The number of unbranched alkanes of at least 4 members (excludes halogenated alkanes) is 2. The molecule has 5 N–H and O–H groups in total. The highest BCUT2D eigenvalue weighted by atomic mass is 35.5. The molecule has 60 heavy (non-hydrogen) atoms. The molecule has 3 rings (SSSR count). The molecule has 0 radical (unpaired) electrons. The summed E-state index contributed by atoms with van der Waals surface area (Å²) in [6, 6.07) is 6.81. The lowest BCUT2D eigenvalue weighted by molar-refractivity contribution is -0.147. The maximum atomic E-state index is 14.5. The molecular formula is C42H57ClN6O11. The number of aliphatic carboxylic acids is 1. The monoisotopic (exact) mass is 856 g/mol. The Morgan fingerprint density at radius 2 is 1.65 bits per heavy atom. The van der Waals surface area contributed by atoms with E-state index < -0.39 is 102 Å². The third kappa shape index (κ3) is 15.9. The molecule has 5 amide bonds. The van der Waals surface area contributed by atoms with Crippen LogP contribution < -0.4 is 26.2 Å². The summed E-state index contributed by atoms with van der Waals surface area (Å²) in [4.78, 5) is 110.